The lowest BCUT2D eigenvalue weighted by molar-refractivity contribution is -0.139. The number of carbonyl (C=O) groups excluding carboxylic acids is 2. The minimum Gasteiger partial charge on any atom is -0.483 e. The third kappa shape index (κ3) is 5.75. The summed E-state index contributed by atoms with van der Waals surface area (Å²) in [5.74, 6) is -0.902. The minimum absolute atomic E-state index is 0.0223. The lowest BCUT2D eigenvalue weighted by Gasteiger charge is -2.29. The van der Waals surface area contributed by atoms with E-state index in [1.807, 2.05) is 18.2 Å². The molecule has 2 aromatic carbocycles. The molecule has 0 saturated carbocycles. The summed E-state index contributed by atoms with van der Waals surface area (Å²) in [7, 11) is 0. The molecule has 5 nitrogen and oxygen atoms in total. The summed E-state index contributed by atoms with van der Waals surface area (Å²) in [4.78, 5) is 26.0. The largest absolute Gasteiger partial charge is 0.483 e. The molecule has 1 aliphatic rings. The fraction of sp³-hybridized carbons (Fsp3) is 0.364. The van der Waals surface area contributed by atoms with Gasteiger partial charge in [-0.2, -0.15) is 13.2 Å². The van der Waals surface area contributed by atoms with Gasteiger partial charge in [0, 0.05) is 26.1 Å². The number of carbonyl (C=O) groups is 2. The quantitative estimate of drug-likeness (QED) is 0.697. The standard InChI is InChI=1S/C22H23F3N2O3/c23-22(24,25)18-8-3-4-9-19(18)30-15-20(28)26-12-5-10-21(29)27-13-11-16-6-1-2-7-17(16)14-27/h1-4,6-9H,5,10-15H2,(H,26,28). The first kappa shape index (κ1) is 21.7. The molecule has 0 atom stereocenters. The van der Waals surface area contributed by atoms with Crippen LogP contribution < -0.4 is 10.1 Å². The molecule has 0 aliphatic carbocycles. The Morgan fingerprint density at radius 3 is 2.50 bits per heavy atom. The van der Waals surface area contributed by atoms with E-state index in [0.29, 0.717) is 25.9 Å². The maximum absolute atomic E-state index is 12.9. The van der Waals surface area contributed by atoms with Gasteiger partial charge in [-0.05, 0) is 36.1 Å². The molecule has 1 aliphatic heterocycles. The highest BCUT2D eigenvalue weighted by Gasteiger charge is 2.34. The van der Waals surface area contributed by atoms with Gasteiger partial charge in [0.1, 0.15) is 5.75 Å². The Balaban J connectivity index is 1.37. The van der Waals surface area contributed by atoms with Crippen LogP contribution in [0.5, 0.6) is 5.75 Å². The second kappa shape index (κ2) is 9.65. The Hall–Kier alpha value is -3.03. The van der Waals surface area contributed by atoms with Crippen LogP contribution >= 0.6 is 0 Å². The second-order valence-corrected chi connectivity index (χ2v) is 7.07. The summed E-state index contributed by atoms with van der Waals surface area (Å²) in [5, 5.41) is 2.57. The van der Waals surface area contributed by atoms with Crippen molar-refractivity contribution < 1.29 is 27.5 Å². The molecule has 3 rings (SSSR count). The van der Waals surface area contributed by atoms with E-state index < -0.39 is 24.3 Å². The Labute approximate surface area is 172 Å². The van der Waals surface area contributed by atoms with Crippen molar-refractivity contribution in [1.82, 2.24) is 10.2 Å². The van der Waals surface area contributed by atoms with Gasteiger partial charge in [-0.15, -0.1) is 0 Å². The van der Waals surface area contributed by atoms with Crippen molar-refractivity contribution >= 4 is 11.8 Å². The molecule has 0 bridgehead atoms. The summed E-state index contributed by atoms with van der Waals surface area (Å²) in [6.07, 6.45) is -2.99. The van der Waals surface area contributed by atoms with Crippen LogP contribution in [0.3, 0.4) is 0 Å². The smallest absolute Gasteiger partial charge is 0.419 e. The number of para-hydroxylation sites is 1. The molecule has 30 heavy (non-hydrogen) atoms. The molecule has 0 spiro atoms. The van der Waals surface area contributed by atoms with E-state index in [0.717, 1.165) is 18.1 Å². The molecule has 1 N–H and O–H groups in total. The molecular weight excluding hydrogens is 397 g/mol. The third-order valence-corrected chi connectivity index (χ3v) is 4.92. The molecular formula is C22H23F3N2O3. The second-order valence-electron chi connectivity index (χ2n) is 7.07. The minimum atomic E-state index is -4.55. The molecule has 0 fully saturated rings. The zero-order chi connectivity index (χ0) is 21.6. The molecule has 2 aromatic rings. The zero-order valence-electron chi connectivity index (χ0n) is 16.4. The van der Waals surface area contributed by atoms with Crippen LogP contribution in [0, 0.1) is 0 Å². The number of fused-ring (bicyclic) bond motifs is 1. The number of nitrogens with one attached hydrogen (secondary N) is 1. The molecule has 0 saturated heterocycles. The Morgan fingerprint density at radius 2 is 1.73 bits per heavy atom. The molecule has 8 heteroatoms. The highest BCUT2D eigenvalue weighted by molar-refractivity contribution is 5.78. The topological polar surface area (TPSA) is 58.6 Å². The number of alkyl halides is 3. The van der Waals surface area contributed by atoms with Crippen molar-refractivity contribution in [3.05, 3.63) is 65.2 Å². The Bertz CT molecular complexity index is 899. The monoisotopic (exact) mass is 420 g/mol. The van der Waals surface area contributed by atoms with Crippen LogP contribution in [0.15, 0.2) is 48.5 Å². The van der Waals surface area contributed by atoms with Crippen molar-refractivity contribution in [2.45, 2.75) is 32.0 Å². The third-order valence-electron chi connectivity index (χ3n) is 4.92. The first-order valence-electron chi connectivity index (χ1n) is 9.75. The van der Waals surface area contributed by atoms with E-state index in [1.165, 1.54) is 23.8 Å². The van der Waals surface area contributed by atoms with E-state index in [4.69, 9.17) is 4.74 Å². The summed E-state index contributed by atoms with van der Waals surface area (Å²) in [6, 6.07) is 12.8. The molecule has 2 amide bonds. The fourth-order valence-electron chi connectivity index (χ4n) is 3.36. The number of ether oxygens (including phenoxy) is 1. The molecule has 0 unspecified atom stereocenters. The van der Waals surface area contributed by atoms with Gasteiger partial charge in [0.05, 0.1) is 5.56 Å². The summed E-state index contributed by atoms with van der Waals surface area (Å²) in [6.45, 7) is 0.992. The maximum atomic E-state index is 12.9. The molecule has 0 radical (unpaired) electrons. The Kier molecular flexibility index (Phi) is 6.97. The molecule has 160 valence electrons. The van der Waals surface area contributed by atoms with Gasteiger partial charge >= 0.3 is 6.18 Å². The van der Waals surface area contributed by atoms with Gasteiger partial charge in [-0.25, -0.2) is 0 Å². The predicted molar refractivity (Wildman–Crippen MR) is 105 cm³/mol. The SMILES string of the molecule is O=C(COc1ccccc1C(F)(F)F)NCCCC(=O)N1CCc2ccccc2C1. The van der Waals surface area contributed by atoms with Crippen molar-refractivity contribution in [3.63, 3.8) is 0 Å². The molecule has 1 heterocycles. The zero-order valence-corrected chi connectivity index (χ0v) is 16.4. The van der Waals surface area contributed by atoms with E-state index in [1.54, 1.807) is 4.90 Å². The maximum Gasteiger partial charge on any atom is 0.419 e. The van der Waals surface area contributed by atoms with Crippen molar-refractivity contribution in [1.29, 1.82) is 0 Å². The molecule has 0 aromatic heterocycles. The van der Waals surface area contributed by atoms with Crippen LogP contribution in [0.25, 0.3) is 0 Å². The highest BCUT2D eigenvalue weighted by atomic mass is 19.4. The van der Waals surface area contributed by atoms with Gasteiger partial charge in [0.25, 0.3) is 5.91 Å². The first-order chi connectivity index (χ1) is 14.3. The van der Waals surface area contributed by atoms with Crippen molar-refractivity contribution in [3.8, 4) is 5.75 Å². The normalized spacial score (nSPS) is 13.5. The number of hydrogen-bond donors (Lipinski definition) is 1. The fourth-order valence-corrected chi connectivity index (χ4v) is 3.36. The van der Waals surface area contributed by atoms with Crippen LogP contribution in [0.4, 0.5) is 13.2 Å². The number of rotatable bonds is 7. The first-order valence-corrected chi connectivity index (χ1v) is 9.75. The van der Waals surface area contributed by atoms with Gasteiger partial charge in [0.2, 0.25) is 5.91 Å². The lowest BCUT2D eigenvalue weighted by atomic mass is 9.99. The van der Waals surface area contributed by atoms with E-state index in [-0.39, 0.29) is 18.2 Å². The number of nitrogens with zero attached hydrogens (tertiary/aromatic N) is 1. The van der Waals surface area contributed by atoms with E-state index >= 15 is 0 Å². The number of amides is 2. The van der Waals surface area contributed by atoms with Crippen LogP contribution in [0.1, 0.15) is 29.5 Å². The number of halogens is 3. The predicted octanol–water partition coefficient (Wildman–Crippen LogP) is 3.57. The van der Waals surface area contributed by atoms with Crippen LogP contribution in [0.2, 0.25) is 0 Å². The van der Waals surface area contributed by atoms with Gasteiger partial charge in [-0.3, -0.25) is 9.59 Å². The van der Waals surface area contributed by atoms with Crippen molar-refractivity contribution in [2.24, 2.45) is 0 Å². The average Bonchev–Trinajstić information content (AvgIpc) is 2.74. The van der Waals surface area contributed by atoms with E-state index in [2.05, 4.69) is 11.4 Å². The summed E-state index contributed by atoms with van der Waals surface area (Å²) < 4.78 is 43.8. The average molecular weight is 420 g/mol. The van der Waals surface area contributed by atoms with Crippen LogP contribution in [-0.4, -0.2) is 36.4 Å². The van der Waals surface area contributed by atoms with E-state index in [9.17, 15) is 22.8 Å². The lowest BCUT2D eigenvalue weighted by Crippen LogP contribution is -2.36. The van der Waals surface area contributed by atoms with Crippen LogP contribution in [-0.2, 0) is 28.7 Å². The van der Waals surface area contributed by atoms with Gasteiger partial charge in [0.15, 0.2) is 6.61 Å². The number of benzene rings is 2. The highest BCUT2D eigenvalue weighted by Crippen LogP contribution is 2.35. The van der Waals surface area contributed by atoms with Crippen molar-refractivity contribution in [2.75, 3.05) is 19.7 Å². The Morgan fingerprint density at radius 1 is 1.03 bits per heavy atom. The summed E-state index contributed by atoms with van der Waals surface area (Å²) >= 11 is 0. The summed E-state index contributed by atoms with van der Waals surface area (Å²) in [5.41, 5.74) is 1.49. The van der Waals surface area contributed by atoms with Gasteiger partial charge in [-0.1, -0.05) is 36.4 Å². The number of hydrogen-bond acceptors (Lipinski definition) is 3. The van der Waals surface area contributed by atoms with Gasteiger partial charge < -0.3 is 15.0 Å².